The monoisotopic (exact) mass is 465 g/mol. The fourth-order valence-electron chi connectivity index (χ4n) is 5.14. The zero-order valence-corrected chi connectivity index (χ0v) is 20.7. The van der Waals surface area contributed by atoms with E-state index in [2.05, 4.69) is 57.9 Å². The molecule has 1 saturated heterocycles. The van der Waals surface area contributed by atoms with Crippen molar-refractivity contribution in [1.29, 1.82) is 0 Å². The largest absolute Gasteiger partial charge is 0.364 e. The SMILES string of the molecule is CC[C@H]1CN(C(C)c2ccc3nc(C)sc3n2)[C@H](CC)CN1c1cc(=O)n(C)c2c[nH]nc12. The van der Waals surface area contributed by atoms with E-state index in [0.29, 0.717) is 6.04 Å². The van der Waals surface area contributed by atoms with Crippen molar-refractivity contribution in [3.8, 4) is 0 Å². The number of aryl methyl sites for hydroxylation is 2. The molecule has 1 aliphatic rings. The molecule has 0 bridgehead atoms. The van der Waals surface area contributed by atoms with Crippen molar-refractivity contribution in [3.63, 3.8) is 0 Å². The summed E-state index contributed by atoms with van der Waals surface area (Å²) in [6.45, 7) is 10.5. The first-order valence-electron chi connectivity index (χ1n) is 11.7. The minimum Gasteiger partial charge on any atom is -0.364 e. The van der Waals surface area contributed by atoms with Crippen LogP contribution in [0.2, 0.25) is 0 Å². The first-order valence-corrected chi connectivity index (χ1v) is 12.5. The Labute approximate surface area is 197 Å². The lowest BCUT2D eigenvalue weighted by molar-refractivity contribution is 0.0993. The topological polar surface area (TPSA) is 82.9 Å². The van der Waals surface area contributed by atoms with E-state index in [1.165, 1.54) is 0 Å². The Morgan fingerprint density at radius 1 is 1.18 bits per heavy atom. The Kier molecular flexibility index (Phi) is 5.70. The summed E-state index contributed by atoms with van der Waals surface area (Å²) in [4.78, 5) is 28.2. The molecule has 0 radical (unpaired) electrons. The Hall–Kier alpha value is -2.78. The molecule has 0 aromatic carbocycles. The van der Waals surface area contributed by atoms with Gasteiger partial charge in [0.15, 0.2) is 0 Å². The van der Waals surface area contributed by atoms with Gasteiger partial charge in [-0.25, -0.2) is 9.97 Å². The molecule has 1 N–H and O–H groups in total. The zero-order valence-electron chi connectivity index (χ0n) is 19.9. The van der Waals surface area contributed by atoms with Gasteiger partial charge in [0.05, 0.1) is 21.9 Å². The number of nitrogens with one attached hydrogen (secondary N) is 1. The van der Waals surface area contributed by atoms with E-state index >= 15 is 0 Å². The van der Waals surface area contributed by atoms with Gasteiger partial charge in [0.2, 0.25) is 0 Å². The number of pyridine rings is 2. The van der Waals surface area contributed by atoms with Crippen LogP contribution in [-0.2, 0) is 7.05 Å². The van der Waals surface area contributed by atoms with Gasteiger partial charge in [0, 0.05) is 50.5 Å². The molecule has 1 aliphatic heterocycles. The Bertz CT molecular complexity index is 1360. The second kappa shape index (κ2) is 8.53. The average molecular weight is 466 g/mol. The highest BCUT2D eigenvalue weighted by atomic mass is 32.1. The van der Waals surface area contributed by atoms with Crippen molar-refractivity contribution in [3.05, 3.63) is 45.5 Å². The summed E-state index contributed by atoms with van der Waals surface area (Å²) in [6.07, 6.45) is 3.81. The van der Waals surface area contributed by atoms with Crippen LogP contribution in [0.1, 0.15) is 50.4 Å². The highest BCUT2D eigenvalue weighted by Gasteiger charge is 2.36. The molecule has 9 heteroatoms. The predicted octanol–water partition coefficient (Wildman–Crippen LogP) is 4.02. The summed E-state index contributed by atoms with van der Waals surface area (Å²) in [7, 11) is 1.80. The molecule has 33 heavy (non-hydrogen) atoms. The van der Waals surface area contributed by atoms with E-state index in [0.717, 1.165) is 63.7 Å². The molecular formula is C24H31N7OS. The van der Waals surface area contributed by atoms with E-state index in [9.17, 15) is 4.79 Å². The maximum absolute atomic E-state index is 12.7. The van der Waals surface area contributed by atoms with Crippen molar-refractivity contribution >= 4 is 38.4 Å². The number of piperazine rings is 1. The third-order valence-electron chi connectivity index (χ3n) is 7.12. The van der Waals surface area contributed by atoms with Crippen LogP contribution < -0.4 is 10.5 Å². The average Bonchev–Trinajstić information content (AvgIpc) is 3.45. The van der Waals surface area contributed by atoms with Gasteiger partial charge in [-0.15, -0.1) is 0 Å². The van der Waals surface area contributed by atoms with Gasteiger partial charge >= 0.3 is 0 Å². The van der Waals surface area contributed by atoms with Crippen molar-refractivity contribution in [1.82, 2.24) is 29.6 Å². The van der Waals surface area contributed by atoms with Crippen LogP contribution in [0.25, 0.3) is 21.4 Å². The van der Waals surface area contributed by atoms with Crippen LogP contribution in [0.15, 0.2) is 29.2 Å². The number of nitrogens with zero attached hydrogens (tertiary/aromatic N) is 6. The lowest BCUT2D eigenvalue weighted by Crippen LogP contribution is -2.58. The molecule has 0 aliphatic carbocycles. The van der Waals surface area contributed by atoms with Gasteiger partial charge in [0.1, 0.15) is 15.9 Å². The normalized spacial score (nSPS) is 20.7. The predicted molar refractivity (Wildman–Crippen MR) is 134 cm³/mol. The van der Waals surface area contributed by atoms with Crippen molar-refractivity contribution < 1.29 is 0 Å². The molecule has 1 unspecified atom stereocenters. The quantitative estimate of drug-likeness (QED) is 0.479. The molecule has 174 valence electrons. The molecule has 0 amide bonds. The number of aromatic amines is 1. The Morgan fingerprint density at radius 2 is 1.97 bits per heavy atom. The highest BCUT2D eigenvalue weighted by molar-refractivity contribution is 7.18. The number of thiazole rings is 1. The molecule has 8 nitrogen and oxygen atoms in total. The van der Waals surface area contributed by atoms with Crippen molar-refractivity contribution in [2.24, 2.45) is 7.05 Å². The molecule has 5 heterocycles. The summed E-state index contributed by atoms with van der Waals surface area (Å²) in [5, 5.41) is 8.49. The van der Waals surface area contributed by atoms with Gasteiger partial charge in [-0.05, 0) is 38.8 Å². The molecule has 4 aromatic heterocycles. The van der Waals surface area contributed by atoms with Crippen LogP contribution in [0.4, 0.5) is 5.69 Å². The van der Waals surface area contributed by atoms with E-state index in [1.54, 1.807) is 35.2 Å². The van der Waals surface area contributed by atoms with E-state index in [1.807, 2.05) is 6.92 Å². The third-order valence-corrected chi connectivity index (χ3v) is 8.00. The Morgan fingerprint density at radius 3 is 2.73 bits per heavy atom. The van der Waals surface area contributed by atoms with Crippen molar-refractivity contribution in [2.45, 2.75) is 58.7 Å². The summed E-state index contributed by atoms with van der Waals surface area (Å²) in [6, 6.07) is 6.81. The van der Waals surface area contributed by atoms with Gasteiger partial charge in [-0.2, -0.15) is 5.10 Å². The minimum atomic E-state index is -0.00467. The summed E-state index contributed by atoms with van der Waals surface area (Å²) >= 11 is 1.65. The maximum atomic E-state index is 12.7. The summed E-state index contributed by atoms with van der Waals surface area (Å²) in [5.41, 5.74) is 4.70. The van der Waals surface area contributed by atoms with Gasteiger partial charge in [-0.3, -0.25) is 14.8 Å². The van der Waals surface area contributed by atoms with Crippen molar-refractivity contribution in [2.75, 3.05) is 18.0 Å². The van der Waals surface area contributed by atoms with Crippen LogP contribution in [0.3, 0.4) is 0 Å². The molecule has 1 fully saturated rings. The first kappa shape index (κ1) is 22.0. The number of hydrogen-bond donors (Lipinski definition) is 1. The maximum Gasteiger partial charge on any atom is 0.252 e. The number of fused-ring (bicyclic) bond motifs is 2. The highest BCUT2D eigenvalue weighted by Crippen LogP contribution is 2.34. The van der Waals surface area contributed by atoms with Gasteiger partial charge in [0.25, 0.3) is 5.56 Å². The first-order chi connectivity index (χ1) is 15.9. The minimum absolute atomic E-state index is 0.00467. The van der Waals surface area contributed by atoms with E-state index in [-0.39, 0.29) is 17.6 Å². The molecule has 0 saturated carbocycles. The molecule has 3 atom stereocenters. The fourth-order valence-corrected chi connectivity index (χ4v) is 5.94. The fraction of sp³-hybridized carbons (Fsp3) is 0.500. The number of H-pyrrole nitrogens is 1. The molecular weight excluding hydrogens is 434 g/mol. The lowest BCUT2D eigenvalue weighted by Gasteiger charge is -2.49. The van der Waals surface area contributed by atoms with Gasteiger partial charge < -0.3 is 9.47 Å². The standard InChI is InChI=1S/C24H31N7OS/c1-6-16-13-31(20-10-22(32)29(5)21-11-25-28-23(20)21)17(7-2)12-30(16)14(3)18-8-9-19-24(27-18)33-15(4)26-19/h8-11,14,16-17H,6-7,12-13H2,1-5H3,(H,25,28)/t14?,16-,17+/m1/s1. The number of aromatic nitrogens is 5. The van der Waals surface area contributed by atoms with Crippen LogP contribution in [-0.4, -0.2) is 54.8 Å². The van der Waals surface area contributed by atoms with Crippen LogP contribution in [0.5, 0.6) is 0 Å². The van der Waals surface area contributed by atoms with Crippen LogP contribution >= 0.6 is 11.3 Å². The van der Waals surface area contributed by atoms with E-state index in [4.69, 9.17) is 4.98 Å². The Balaban J connectivity index is 1.49. The second-order valence-electron chi connectivity index (χ2n) is 8.99. The molecule has 5 rings (SSSR count). The molecule has 0 spiro atoms. The second-order valence-corrected chi connectivity index (χ2v) is 10.2. The molecule has 4 aromatic rings. The van der Waals surface area contributed by atoms with Gasteiger partial charge in [-0.1, -0.05) is 25.2 Å². The number of anilines is 1. The summed E-state index contributed by atoms with van der Waals surface area (Å²) < 4.78 is 1.65. The number of hydrogen-bond acceptors (Lipinski definition) is 7. The lowest BCUT2D eigenvalue weighted by atomic mass is 9.98. The van der Waals surface area contributed by atoms with Crippen LogP contribution in [0, 0.1) is 6.92 Å². The summed E-state index contributed by atoms with van der Waals surface area (Å²) in [5.74, 6) is 0. The van der Waals surface area contributed by atoms with E-state index < -0.39 is 0 Å². The zero-order chi connectivity index (χ0) is 23.3. The number of rotatable bonds is 5. The third kappa shape index (κ3) is 3.73. The smallest absolute Gasteiger partial charge is 0.252 e.